The molecule has 18 heavy (non-hydrogen) atoms. The molecule has 1 aliphatic heterocycles. The van der Waals surface area contributed by atoms with Crippen molar-refractivity contribution >= 4 is 0 Å². The highest BCUT2D eigenvalue weighted by Crippen LogP contribution is 2.33. The van der Waals surface area contributed by atoms with Gasteiger partial charge in [-0.3, -0.25) is 4.90 Å². The average Bonchev–Trinajstić information content (AvgIpc) is 2.46. The molecule has 1 heterocycles. The van der Waals surface area contributed by atoms with Crippen molar-refractivity contribution in [2.75, 3.05) is 13.6 Å². The second-order valence-corrected chi connectivity index (χ2v) is 6.46. The number of likely N-dealkylation sites (N-methyl/N-ethyl adjacent to an activating group) is 1. The molecule has 0 bridgehead atoms. The second kappa shape index (κ2) is 6.91. The third kappa shape index (κ3) is 3.27. The smallest absolute Gasteiger partial charge is 0.0249 e. The third-order valence-corrected chi connectivity index (χ3v) is 5.49. The SMILES string of the molecule is CCC1CCC(N2CCCCC2C(C)NC)CC1. The van der Waals surface area contributed by atoms with Crippen molar-refractivity contribution in [3.05, 3.63) is 0 Å². The number of nitrogens with zero attached hydrogens (tertiary/aromatic N) is 1. The Morgan fingerprint density at radius 3 is 2.44 bits per heavy atom. The topological polar surface area (TPSA) is 15.3 Å². The molecule has 0 amide bonds. The van der Waals surface area contributed by atoms with E-state index in [0.29, 0.717) is 6.04 Å². The largest absolute Gasteiger partial charge is 0.316 e. The summed E-state index contributed by atoms with van der Waals surface area (Å²) < 4.78 is 0. The van der Waals surface area contributed by atoms with E-state index in [0.717, 1.165) is 18.0 Å². The predicted molar refractivity (Wildman–Crippen MR) is 78.9 cm³/mol. The molecular formula is C16H32N2. The summed E-state index contributed by atoms with van der Waals surface area (Å²) in [6.07, 6.45) is 11.5. The molecule has 0 aromatic heterocycles. The van der Waals surface area contributed by atoms with Crippen molar-refractivity contribution in [1.82, 2.24) is 10.2 Å². The molecule has 2 unspecified atom stereocenters. The first kappa shape index (κ1) is 14.3. The van der Waals surface area contributed by atoms with Gasteiger partial charge < -0.3 is 5.32 Å². The summed E-state index contributed by atoms with van der Waals surface area (Å²) >= 11 is 0. The van der Waals surface area contributed by atoms with Crippen LogP contribution in [0.3, 0.4) is 0 Å². The normalized spacial score (nSPS) is 36.5. The molecule has 2 aliphatic rings. The molecule has 2 fully saturated rings. The fourth-order valence-corrected chi connectivity index (χ4v) is 4.05. The van der Waals surface area contributed by atoms with Gasteiger partial charge in [0.15, 0.2) is 0 Å². The van der Waals surface area contributed by atoms with Crippen LogP contribution in [-0.2, 0) is 0 Å². The number of piperidine rings is 1. The van der Waals surface area contributed by atoms with Gasteiger partial charge in [-0.05, 0) is 65.0 Å². The standard InChI is InChI=1S/C16H32N2/c1-4-14-8-10-15(11-9-14)18-12-6-5-7-16(18)13(2)17-3/h13-17H,4-12H2,1-3H3. The lowest BCUT2D eigenvalue weighted by Gasteiger charge is -2.46. The highest BCUT2D eigenvalue weighted by atomic mass is 15.2. The van der Waals surface area contributed by atoms with Crippen molar-refractivity contribution in [2.45, 2.75) is 83.3 Å². The summed E-state index contributed by atoms with van der Waals surface area (Å²) in [5, 5.41) is 3.48. The summed E-state index contributed by atoms with van der Waals surface area (Å²) in [4.78, 5) is 2.86. The molecule has 2 atom stereocenters. The Morgan fingerprint density at radius 1 is 1.11 bits per heavy atom. The minimum Gasteiger partial charge on any atom is -0.316 e. The Kier molecular flexibility index (Phi) is 5.50. The molecular weight excluding hydrogens is 220 g/mol. The van der Waals surface area contributed by atoms with E-state index in [9.17, 15) is 0 Å². The Morgan fingerprint density at radius 2 is 1.83 bits per heavy atom. The van der Waals surface area contributed by atoms with Gasteiger partial charge in [0, 0.05) is 18.1 Å². The summed E-state index contributed by atoms with van der Waals surface area (Å²) in [7, 11) is 2.12. The summed E-state index contributed by atoms with van der Waals surface area (Å²) in [5.74, 6) is 1.02. The fourth-order valence-electron chi connectivity index (χ4n) is 4.05. The molecule has 1 N–H and O–H groups in total. The van der Waals surface area contributed by atoms with Crippen molar-refractivity contribution in [3.63, 3.8) is 0 Å². The van der Waals surface area contributed by atoms with Crippen molar-refractivity contribution in [2.24, 2.45) is 5.92 Å². The van der Waals surface area contributed by atoms with E-state index in [1.54, 1.807) is 0 Å². The highest BCUT2D eigenvalue weighted by Gasteiger charge is 2.33. The first-order chi connectivity index (χ1) is 8.76. The van der Waals surface area contributed by atoms with Gasteiger partial charge >= 0.3 is 0 Å². The summed E-state index contributed by atoms with van der Waals surface area (Å²) in [6, 6.07) is 2.31. The molecule has 2 heteroatoms. The maximum Gasteiger partial charge on any atom is 0.0249 e. The molecule has 1 aliphatic carbocycles. The third-order valence-electron chi connectivity index (χ3n) is 5.49. The van der Waals surface area contributed by atoms with Gasteiger partial charge in [-0.25, -0.2) is 0 Å². The molecule has 2 rings (SSSR count). The van der Waals surface area contributed by atoms with E-state index in [2.05, 4.69) is 31.1 Å². The van der Waals surface area contributed by atoms with Gasteiger partial charge in [-0.1, -0.05) is 19.8 Å². The Labute approximate surface area is 114 Å². The number of likely N-dealkylation sites (tertiary alicyclic amines) is 1. The van der Waals surface area contributed by atoms with Crippen molar-refractivity contribution in [3.8, 4) is 0 Å². The Hall–Kier alpha value is -0.0800. The predicted octanol–water partition coefficient (Wildman–Crippen LogP) is 3.42. The quantitative estimate of drug-likeness (QED) is 0.825. The van der Waals surface area contributed by atoms with Crippen LogP contribution < -0.4 is 5.32 Å². The first-order valence-electron chi connectivity index (χ1n) is 8.19. The van der Waals surface area contributed by atoms with Crippen LogP contribution in [0.15, 0.2) is 0 Å². The minimum absolute atomic E-state index is 0.647. The zero-order valence-electron chi connectivity index (χ0n) is 12.6. The van der Waals surface area contributed by atoms with E-state index < -0.39 is 0 Å². The Bertz CT molecular complexity index is 233. The van der Waals surface area contributed by atoms with Gasteiger partial charge in [-0.15, -0.1) is 0 Å². The van der Waals surface area contributed by atoms with E-state index in [4.69, 9.17) is 0 Å². The fraction of sp³-hybridized carbons (Fsp3) is 1.00. The van der Waals surface area contributed by atoms with E-state index in [1.165, 1.54) is 57.9 Å². The molecule has 1 saturated heterocycles. The lowest BCUT2D eigenvalue weighted by atomic mass is 9.82. The zero-order valence-corrected chi connectivity index (χ0v) is 12.6. The number of nitrogens with one attached hydrogen (secondary N) is 1. The molecule has 1 saturated carbocycles. The van der Waals surface area contributed by atoms with Crippen molar-refractivity contribution in [1.29, 1.82) is 0 Å². The van der Waals surface area contributed by atoms with Gasteiger partial charge in [0.2, 0.25) is 0 Å². The van der Waals surface area contributed by atoms with Crippen LogP contribution in [0.1, 0.15) is 65.2 Å². The molecule has 2 nitrogen and oxygen atoms in total. The maximum atomic E-state index is 3.48. The van der Waals surface area contributed by atoms with Gasteiger partial charge in [0.1, 0.15) is 0 Å². The maximum absolute atomic E-state index is 3.48. The van der Waals surface area contributed by atoms with Crippen LogP contribution in [-0.4, -0.2) is 36.6 Å². The zero-order chi connectivity index (χ0) is 13.0. The van der Waals surface area contributed by atoms with E-state index in [1.807, 2.05) is 0 Å². The second-order valence-electron chi connectivity index (χ2n) is 6.46. The van der Waals surface area contributed by atoms with Crippen LogP contribution in [0, 0.1) is 5.92 Å². The van der Waals surface area contributed by atoms with Crippen LogP contribution >= 0.6 is 0 Å². The molecule has 0 aromatic rings. The first-order valence-corrected chi connectivity index (χ1v) is 8.19. The highest BCUT2D eigenvalue weighted by molar-refractivity contribution is 4.90. The number of rotatable bonds is 4. The monoisotopic (exact) mass is 252 g/mol. The van der Waals surface area contributed by atoms with Crippen LogP contribution in [0.5, 0.6) is 0 Å². The average molecular weight is 252 g/mol. The summed E-state index contributed by atoms with van der Waals surface area (Å²) in [6.45, 7) is 6.07. The lowest BCUT2D eigenvalue weighted by molar-refractivity contribution is 0.0471. The van der Waals surface area contributed by atoms with Crippen LogP contribution in [0.4, 0.5) is 0 Å². The Balaban J connectivity index is 1.92. The van der Waals surface area contributed by atoms with Gasteiger partial charge in [-0.2, -0.15) is 0 Å². The lowest BCUT2D eigenvalue weighted by Crippen LogP contribution is -2.54. The van der Waals surface area contributed by atoms with Crippen LogP contribution in [0.2, 0.25) is 0 Å². The molecule has 0 aromatic carbocycles. The number of hydrogen-bond donors (Lipinski definition) is 1. The van der Waals surface area contributed by atoms with E-state index >= 15 is 0 Å². The van der Waals surface area contributed by atoms with Gasteiger partial charge in [0.25, 0.3) is 0 Å². The molecule has 0 spiro atoms. The molecule has 106 valence electrons. The summed E-state index contributed by atoms with van der Waals surface area (Å²) in [5.41, 5.74) is 0. The van der Waals surface area contributed by atoms with Crippen molar-refractivity contribution < 1.29 is 0 Å². The minimum atomic E-state index is 0.647. The van der Waals surface area contributed by atoms with Gasteiger partial charge in [0.05, 0.1) is 0 Å². The van der Waals surface area contributed by atoms with E-state index in [-0.39, 0.29) is 0 Å². The number of hydrogen-bond acceptors (Lipinski definition) is 2. The molecule has 0 radical (unpaired) electrons. The van der Waals surface area contributed by atoms with Crippen LogP contribution in [0.25, 0.3) is 0 Å².